The van der Waals surface area contributed by atoms with Gasteiger partial charge in [-0.3, -0.25) is 0 Å². The Kier molecular flexibility index (Phi) is 4.18. The lowest BCUT2D eigenvalue weighted by Crippen LogP contribution is -2.09. The Balaban J connectivity index is 1.51. The first-order valence-corrected chi connectivity index (χ1v) is 11.5. The van der Waals surface area contributed by atoms with Crippen molar-refractivity contribution in [1.29, 1.82) is 0 Å². The van der Waals surface area contributed by atoms with Crippen LogP contribution >= 0.6 is 0 Å². The van der Waals surface area contributed by atoms with Crippen molar-refractivity contribution in [3.8, 4) is 0 Å². The van der Waals surface area contributed by atoms with E-state index in [2.05, 4.69) is 120 Å². The Labute approximate surface area is 197 Å². The highest BCUT2D eigenvalue weighted by atomic mass is 16.3. The van der Waals surface area contributed by atoms with E-state index in [0.717, 1.165) is 33.6 Å². The van der Waals surface area contributed by atoms with Gasteiger partial charge in [0.15, 0.2) is 0 Å². The summed E-state index contributed by atoms with van der Waals surface area (Å²) < 4.78 is 6.16. The number of para-hydroxylation sites is 2. The average Bonchev–Trinajstić information content (AvgIpc) is 3.29. The van der Waals surface area contributed by atoms with Gasteiger partial charge >= 0.3 is 0 Å². The van der Waals surface area contributed by atoms with Gasteiger partial charge in [0, 0.05) is 27.8 Å². The number of rotatable bonds is 3. The molecule has 7 rings (SSSR count). The summed E-state index contributed by atoms with van der Waals surface area (Å²) in [6, 6.07) is 44.9. The fraction of sp³-hybridized carbons (Fsp3) is 0. The molecule has 2 heteroatoms. The summed E-state index contributed by atoms with van der Waals surface area (Å²) in [4.78, 5) is 2.33. The van der Waals surface area contributed by atoms with Crippen molar-refractivity contribution in [3.05, 3.63) is 127 Å². The molecule has 7 aromatic rings. The molecule has 0 N–H and O–H groups in total. The third-order valence-corrected chi connectivity index (χ3v) is 6.61. The molecule has 0 radical (unpaired) electrons. The van der Waals surface area contributed by atoms with Crippen LogP contribution in [0.1, 0.15) is 0 Å². The molecule has 160 valence electrons. The summed E-state index contributed by atoms with van der Waals surface area (Å²) in [7, 11) is 0. The lowest BCUT2D eigenvalue weighted by molar-refractivity contribution is 0.669. The molecular weight excluding hydrogens is 414 g/mol. The minimum Gasteiger partial charge on any atom is -0.456 e. The van der Waals surface area contributed by atoms with Crippen LogP contribution in [0.2, 0.25) is 0 Å². The minimum atomic E-state index is 0.919. The maximum atomic E-state index is 6.16. The zero-order valence-electron chi connectivity index (χ0n) is 18.5. The van der Waals surface area contributed by atoms with E-state index in [-0.39, 0.29) is 0 Å². The molecule has 0 saturated carbocycles. The third kappa shape index (κ3) is 2.96. The highest BCUT2D eigenvalue weighted by molar-refractivity contribution is 6.19. The molecule has 0 saturated heterocycles. The number of anilines is 3. The summed E-state index contributed by atoms with van der Waals surface area (Å²) in [5.41, 5.74) is 5.22. The molecule has 6 aromatic carbocycles. The van der Waals surface area contributed by atoms with Gasteiger partial charge in [-0.1, -0.05) is 78.9 Å². The van der Waals surface area contributed by atoms with Crippen LogP contribution in [-0.4, -0.2) is 0 Å². The average molecular weight is 436 g/mol. The van der Waals surface area contributed by atoms with Crippen LogP contribution in [0.5, 0.6) is 0 Å². The zero-order valence-corrected chi connectivity index (χ0v) is 18.5. The van der Waals surface area contributed by atoms with Gasteiger partial charge in [-0.25, -0.2) is 0 Å². The van der Waals surface area contributed by atoms with Gasteiger partial charge in [-0.2, -0.15) is 0 Å². The first-order valence-electron chi connectivity index (χ1n) is 11.5. The molecule has 0 unspecified atom stereocenters. The van der Waals surface area contributed by atoms with E-state index in [0.29, 0.717) is 0 Å². The molecule has 0 bridgehead atoms. The second kappa shape index (κ2) is 7.50. The zero-order chi connectivity index (χ0) is 22.5. The Morgan fingerprint density at radius 3 is 1.97 bits per heavy atom. The summed E-state index contributed by atoms with van der Waals surface area (Å²) in [5, 5.41) is 7.18. The summed E-state index contributed by atoms with van der Waals surface area (Å²) in [6.45, 7) is 0. The van der Waals surface area contributed by atoms with E-state index in [9.17, 15) is 0 Å². The van der Waals surface area contributed by atoms with Gasteiger partial charge in [0.05, 0.1) is 0 Å². The Morgan fingerprint density at radius 2 is 1.09 bits per heavy atom. The van der Waals surface area contributed by atoms with Crippen LogP contribution in [0.15, 0.2) is 132 Å². The number of nitrogens with zero attached hydrogens (tertiary/aromatic N) is 1. The van der Waals surface area contributed by atoms with Crippen LogP contribution in [-0.2, 0) is 0 Å². The second-order valence-electron chi connectivity index (χ2n) is 8.64. The quantitative estimate of drug-likeness (QED) is 0.275. The van der Waals surface area contributed by atoms with Crippen molar-refractivity contribution in [1.82, 2.24) is 0 Å². The van der Waals surface area contributed by atoms with Crippen molar-refractivity contribution in [2.24, 2.45) is 0 Å². The van der Waals surface area contributed by atoms with Gasteiger partial charge in [-0.15, -0.1) is 0 Å². The molecule has 0 spiro atoms. The van der Waals surface area contributed by atoms with Crippen LogP contribution in [0, 0.1) is 0 Å². The molecule has 2 nitrogen and oxygen atoms in total. The fourth-order valence-electron chi connectivity index (χ4n) is 5.01. The Bertz CT molecular complexity index is 1810. The fourth-order valence-corrected chi connectivity index (χ4v) is 5.01. The Morgan fingerprint density at radius 1 is 0.412 bits per heavy atom. The molecular formula is C32H21NO. The van der Waals surface area contributed by atoms with Crippen LogP contribution < -0.4 is 4.90 Å². The standard InChI is InChI=1S/C32H21NO/c1-2-10-25(11-3-1)33(26-17-14-22-8-4-5-9-24(22)20-26)27-18-15-23-16-19-31-32(29(23)21-27)28-12-6-7-13-30(28)34-31/h1-21H. The predicted molar refractivity (Wildman–Crippen MR) is 143 cm³/mol. The van der Waals surface area contributed by atoms with E-state index in [1.165, 1.54) is 26.9 Å². The number of hydrogen-bond acceptors (Lipinski definition) is 2. The van der Waals surface area contributed by atoms with E-state index < -0.39 is 0 Å². The van der Waals surface area contributed by atoms with Crippen molar-refractivity contribution >= 4 is 60.5 Å². The minimum absolute atomic E-state index is 0.919. The van der Waals surface area contributed by atoms with Gasteiger partial charge in [0.1, 0.15) is 11.2 Å². The second-order valence-corrected chi connectivity index (χ2v) is 8.64. The smallest absolute Gasteiger partial charge is 0.136 e. The van der Waals surface area contributed by atoms with E-state index >= 15 is 0 Å². The highest BCUT2D eigenvalue weighted by Crippen LogP contribution is 2.40. The van der Waals surface area contributed by atoms with Crippen molar-refractivity contribution in [2.45, 2.75) is 0 Å². The molecule has 0 aliphatic heterocycles. The van der Waals surface area contributed by atoms with Gasteiger partial charge in [0.2, 0.25) is 0 Å². The number of benzene rings is 6. The molecule has 0 aliphatic rings. The van der Waals surface area contributed by atoms with Gasteiger partial charge in [0.25, 0.3) is 0 Å². The maximum absolute atomic E-state index is 6.16. The van der Waals surface area contributed by atoms with Gasteiger partial charge in [-0.05, 0) is 70.1 Å². The SMILES string of the molecule is c1ccc(N(c2ccc3ccccc3c2)c2ccc3ccc4oc5ccccc5c4c3c2)cc1. The maximum Gasteiger partial charge on any atom is 0.136 e. The predicted octanol–water partition coefficient (Wildman–Crippen LogP) is 9.36. The van der Waals surface area contributed by atoms with Crippen LogP contribution in [0.4, 0.5) is 17.1 Å². The topological polar surface area (TPSA) is 16.4 Å². The van der Waals surface area contributed by atoms with E-state index in [1.807, 2.05) is 12.1 Å². The number of fused-ring (bicyclic) bond motifs is 6. The Hall–Kier alpha value is -4.56. The van der Waals surface area contributed by atoms with Crippen LogP contribution in [0.25, 0.3) is 43.5 Å². The molecule has 0 amide bonds. The molecule has 0 fully saturated rings. The lowest BCUT2D eigenvalue weighted by atomic mass is 10.0. The first-order chi connectivity index (χ1) is 16.8. The van der Waals surface area contributed by atoms with E-state index in [1.54, 1.807) is 0 Å². The number of hydrogen-bond donors (Lipinski definition) is 0. The molecule has 0 aliphatic carbocycles. The van der Waals surface area contributed by atoms with Gasteiger partial charge < -0.3 is 9.32 Å². The normalized spacial score (nSPS) is 11.5. The summed E-state index contributed by atoms with van der Waals surface area (Å²) >= 11 is 0. The molecule has 1 aromatic heterocycles. The van der Waals surface area contributed by atoms with Crippen molar-refractivity contribution in [3.63, 3.8) is 0 Å². The molecule has 1 heterocycles. The summed E-state index contributed by atoms with van der Waals surface area (Å²) in [6.07, 6.45) is 0. The lowest BCUT2D eigenvalue weighted by Gasteiger charge is -2.26. The summed E-state index contributed by atoms with van der Waals surface area (Å²) in [5.74, 6) is 0. The van der Waals surface area contributed by atoms with Crippen molar-refractivity contribution < 1.29 is 4.42 Å². The van der Waals surface area contributed by atoms with E-state index in [4.69, 9.17) is 4.42 Å². The monoisotopic (exact) mass is 435 g/mol. The highest BCUT2D eigenvalue weighted by Gasteiger charge is 2.16. The van der Waals surface area contributed by atoms with Crippen LogP contribution in [0.3, 0.4) is 0 Å². The largest absolute Gasteiger partial charge is 0.456 e. The van der Waals surface area contributed by atoms with Crippen molar-refractivity contribution in [2.75, 3.05) is 4.90 Å². The number of furan rings is 1. The molecule has 34 heavy (non-hydrogen) atoms. The first kappa shape index (κ1) is 19.0. The third-order valence-electron chi connectivity index (χ3n) is 6.61. The molecule has 0 atom stereocenters.